The van der Waals surface area contributed by atoms with E-state index in [1.807, 2.05) is 11.4 Å². The van der Waals surface area contributed by atoms with Crippen molar-refractivity contribution in [3.63, 3.8) is 0 Å². The molecule has 0 aliphatic heterocycles. The lowest BCUT2D eigenvalue weighted by Gasteiger charge is -2.06. The molecule has 1 aromatic carbocycles. The number of nitrogens with two attached hydrogens (primary N) is 1. The van der Waals surface area contributed by atoms with Gasteiger partial charge in [0.25, 0.3) is 0 Å². The van der Waals surface area contributed by atoms with Crippen molar-refractivity contribution in [3.05, 3.63) is 35.5 Å². The van der Waals surface area contributed by atoms with Gasteiger partial charge >= 0.3 is 0 Å². The molecule has 2 aromatic rings. The van der Waals surface area contributed by atoms with Crippen LogP contribution in [0.15, 0.2) is 29.6 Å². The number of ether oxygens (including phenoxy) is 1. The van der Waals surface area contributed by atoms with Gasteiger partial charge in [-0.3, -0.25) is 0 Å². The predicted molar refractivity (Wildman–Crippen MR) is 60.7 cm³/mol. The van der Waals surface area contributed by atoms with E-state index < -0.39 is 0 Å². The number of thiophene rings is 1. The first-order valence-corrected chi connectivity index (χ1v) is 5.26. The lowest BCUT2D eigenvalue weighted by molar-refractivity contribution is 0.415. The van der Waals surface area contributed by atoms with E-state index >= 15 is 0 Å². The molecule has 0 saturated carbocycles. The molecule has 0 spiro atoms. The van der Waals surface area contributed by atoms with Crippen LogP contribution in [0.3, 0.4) is 0 Å². The van der Waals surface area contributed by atoms with E-state index in [2.05, 4.69) is 0 Å². The van der Waals surface area contributed by atoms with Gasteiger partial charge in [0.2, 0.25) is 0 Å². The van der Waals surface area contributed by atoms with E-state index in [4.69, 9.17) is 10.5 Å². The Kier molecular flexibility index (Phi) is 2.60. The van der Waals surface area contributed by atoms with Crippen LogP contribution >= 0.6 is 11.3 Å². The Morgan fingerprint density at radius 2 is 2.13 bits per heavy atom. The standard InChI is InChI=1S/C11H10FNOS/c1-14-10-3-2-8(12)5-9(10)7-4-11(13)15-6-7/h2-6H,13H2,1H3. The minimum atomic E-state index is -0.282. The van der Waals surface area contributed by atoms with Crippen molar-refractivity contribution in [1.29, 1.82) is 0 Å². The zero-order valence-electron chi connectivity index (χ0n) is 8.16. The van der Waals surface area contributed by atoms with Crippen LogP contribution in [0.5, 0.6) is 5.75 Å². The summed E-state index contributed by atoms with van der Waals surface area (Å²) in [7, 11) is 1.56. The normalized spacial score (nSPS) is 10.3. The molecule has 2 rings (SSSR count). The van der Waals surface area contributed by atoms with Crippen LogP contribution < -0.4 is 10.5 Å². The smallest absolute Gasteiger partial charge is 0.126 e. The summed E-state index contributed by atoms with van der Waals surface area (Å²) < 4.78 is 18.3. The lowest BCUT2D eigenvalue weighted by Crippen LogP contribution is -1.88. The van der Waals surface area contributed by atoms with Gasteiger partial charge < -0.3 is 10.5 Å². The zero-order chi connectivity index (χ0) is 10.8. The number of rotatable bonds is 2. The summed E-state index contributed by atoms with van der Waals surface area (Å²) in [6.45, 7) is 0. The van der Waals surface area contributed by atoms with Crippen LogP contribution in [0.25, 0.3) is 11.1 Å². The van der Waals surface area contributed by atoms with E-state index in [1.165, 1.54) is 23.5 Å². The van der Waals surface area contributed by atoms with Crippen molar-refractivity contribution in [2.24, 2.45) is 0 Å². The second kappa shape index (κ2) is 3.90. The molecule has 0 radical (unpaired) electrons. The molecule has 1 heterocycles. The summed E-state index contributed by atoms with van der Waals surface area (Å²) in [5.41, 5.74) is 7.24. The fourth-order valence-electron chi connectivity index (χ4n) is 1.40. The maximum absolute atomic E-state index is 13.1. The molecular formula is C11H10FNOS. The summed E-state index contributed by atoms with van der Waals surface area (Å²) >= 11 is 1.42. The summed E-state index contributed by atoms with van der Waals surface area (Å²) in [6.07, 6.45) is 0. The third-order valence-electron chi connectivity index (χ3n) is 2.09. The van der Waals surface area contributed by atoms with Gasteiger partial charge in [0.15, 0.2) is 0 Å². The molecule has 0 aliphatic rings. The summed E-state index contributed by atoms with van der Waals surface area (Å²) in [4.78, 5) is 0. The first-order valence-electron chi connectivity index (χ1n) is 4.38. The molecule has 2 nitrogen and oxygen atoms in total. The maximum Gasteiger partial charge on any atom is 0.126 e. The number of methoxy groups -OCH3 is 1. The fraction of sp³-hybridized carbons (Fsp3) is 0.0909. The SMILES string of the molecule is COc1ccc(F)cc1-c1csc(N)c1. The number of hydrogen-bond donors (Lipinski definition) is 1. The van der Waals surface area contributed by atoms with E-state index in [1.54, 1.807) is 13.2 Å². The van der Waals surface area contributed by atoms with Gasteiger partial charge in [-0.1, -0.05) is 0 Å². The summed E-state index contributed by atoms with van der Waals surface area (Å²) in [5, 5.41) is 2.59. The van der Waals surface area contributed by atoms with Gasteiger partial charge in [0.05, 0.1) is 12.1 Å². The molecule has 0 amide bonds. The lowest BCUT2D eigenvalue weighted by atomic mass is 10.1. The van der Waals surface area contributed by atoms with Crippen LogP contribution in [0.1, 0.15) is 0 Å². The second-order valence-corrected chi connectivity index (χ2v) is 4.03. The van der Waals surface area contributed by atoms with Crippen molar-refractivity contribution < 1.29 is 9.13 Å². The third-order valence-corrected chi connectivity index (χ3v) is 2.85. The molecule has 0 saturated heterocycles. The average molecular weight is 223 g/mol. The highest BCUT2D eigenvalue weighted by Crippen LogP contribution is 2.34. The molecule has 0 unspecified atom stereocenters. The minimum absolute atomic E-state index is 0.282. The first kappa shape index (κ1) is 9.98. The molecule has 78 valence electrons. The highest BCUT2D eigenvalue weighted by Gasteiger charge is 2.08. The van der Waals surface area contributed by atoms with Crippen LogP contribution in [0, 0.1) is 5.82 Å². The molecule has 0 aliphatic carbocycles. The number of hydrogen-bond acceptors (Lipinski definition) is 3. The van der Waals surface area contributed by atoms with E-state index in [0.29, 0.717) is 10.8 Å². The molecule has 1 aromatic heterocycles. The highest BCUT2D eigenvalue weighted by molar-refractivity contribution is 7.14. The largest absolute Gasteiger partial charge is 0.496 e. The first-order chi connectivity index (χ1) is 7.20. The molecule has 0 fully saturated rings. The Bertz CT molecular complexity index is 481. The van der Waals surface area contributed by atoms with Crippen LogP contribution in [-0.4, -0.2) is 7.11 Å². The number of anilines is 1. The molecule has 4 heteroatoms. The van der Waals surface area contributed by atoms with Gasteiger partial charge in [-0.05, 0) is 29.8 Å². The van der Waals surface area contributed by atoms with Gasteiger partial charge in [-0.25, -0.2) is 4.39 Å². The molecular weight excluding hydrogens is 213 g/mol. The Hall–Kier alpha value is -1.55. The van der Waals surface area contributed by atoms with E-state index in [9.17, 15) is 4.39 Å². The van der Waals surface area contributed by atoms with E-state index in [0.717, 1.165) is 11.1 Å². The van der Waals surface area contributed by atoms with Gasteiger partial charge in [0.1, 0.15) is 11.6 Å². The molecule has 0 bridgehead atoms. The monoisotopic (exact) mass is 223 g/mol. The predicted octanol–water partition coefficient (Wildman–Crippen LogP) is 3.15. The van der Waals surface area contributed by atoms with Crippen molar-refractivity contribution in [2.75, 3.05) is 12.8 Å². The zero-order valence-corrected chi connectivity index (χ0v) is 8.98. The second-order valence-electron chi connectivity index (χ2n) is 3.08. The Morgan fingerprint density at radius 3 is 2.73 bits per heavy atom. The van der Waals surface area contributed by atoms with Crippen LogP contribution in [0.4, 0.5) is 9.39 Å². The average Bonchev–Trinajstić information content (AvgIpc) is 2.65. The summed E-state index contributed by atoms with van der Waals surface area (Å²) in [6, 6.07) is 6.23. The molecule has 0 atom stereocenters. The Balaban J connectivity index is 2.55. The molecule has 2 N–H and O–H groups in total. The van der Waals surface area contributed by atoms with Crippen molar-refractivity contribution in [3.8, 4) is 16.9 Å². The molecule has 15 heavy (non-hydrogen) atoms. The van der Waals surface area contributed by atoms with Gasteiger partial charge in [0, 0.05) is 10.9 Å². The topological polar surface area (TPSA) is 35.2 Å². The maximum atomic E-state index is 13.1. The van der Waals surface area contributed by atoms with Crippen molar-refractivity contribution in [2.45, 2.75) is 0 Å². The number of benzene rings is 1. The quantitative estimate of drug-likeness (QED) is 0.848. The number of halogens is 1. The Morgan fingerprint density at radius 1 is 1.33 bits per heavy atom. The van der Waals surface area contributed by atoms with E-state index in [-0.39, 0.29) is 5.82 Å². The Labute approximate surface area is 91.1 Å². The minimum Gasteiger partial charge on any atom is -0.496 e. The van der Waals surface area contributed by atoms with Crippen molar-refractivity contribution in [1.82, 2.24) is 0 Å². The van der Waals surface area contributed by atoms with Crippen LogP contribution in [0.2, 0.25) is 0 Å². The van der Waals surface area contributed by atoms with Crippen molar-refractivity contribution >= 4 is 16.3 Å². The third kappa shape index (κ3) is 1.94. The van der Waals surface area contributed by atoms with Crippen LogP contribution in [-0.2, 0) is 0 Å². The number of nitrogen functional groups attached to an aromatic ring is 1. The fourth-order valence-corrected chi connectivity index (χ4v) is 2.05. The van der Waals surface area contributed by atoms with Gasteiger partial charge in [-0.15, -0.1) is 11.3 Å². The van der Waals surface area contributed by atoms with Gasteiger partial charge in [-0.2, -0.15) is 0 Å². The summed E-state index contributed by atoms with van der Waals surface area (Å²) in [5.74, 6) is 0.366. The highest BCUT2D eigenvalue weighted by atomic mass is 32.1.